The lowest BCUT2D eigenvalue weighted by Crippen LogP contribution is -2.21. The Bertz CT molecular complexity index is 836. The molecule has 0 aliphatic heterocycles. The average Bonchev–Trinajstić information content (AvgIpc) is 2.74. The van der Waals surface area contributed by atoms with Gasteiger partial charge < -0.3 is 4.90 Å². The molecule has 3 heteroatoms. The largest absolute Gasteiger partial charge is 0.372 e. The van der Waals surface area contributed by atoms with Gasteiger partial charge in [-0.2, -0.15) is 0 Å². The first-order valence-electron chi connectivity index (χ1n) is 9.44. The van der Waals surface area contributed by atoms with Crippen molar-refractivity contribution < 1.29 is 0 Å². The van der Waals surface area contributed by atoms with Crippen LogP contribution in [0.4, 0.5) is 11.4 Å². The van der Waals surface area contributed by atoms with E-state index in [0.29, 0.717) is 0 Å². The zero-order valence-electron chi connectivity index (χ0n) is 16.0. The molecule has 0 saturated heterocycles. The van der Waals surface area contributed by atoms with E-state index in [2.05, 4.69) is 96.5 Å². The highest BCUT2D eigenvalue weighted by Crippen LogP contribution is 2.23. The molecule has 27 heavy (non-hydrogen) atoms. The van der Waals surface area contributed by atoms with Crippen LogP contribution in [0.15, 0.2) is 88.8 Å². The minimum atomic E-state index is 0.973. The van der Waals surface area contributed by atoms with Crippen molar-refractivity contribution >= 4 is 29.4 Å². The van der Waals surface area contributed by atoms with Crippen molar-refractivity contribution in [2.45, 2.75) is 24.5 Å². The standard InChI is InChI=1S/C24H26N2S/c1-3-26(4-2)23-16-12-20(13-17-23)18-25-22-14-10-21(11-15-22)19-27-24-8-6-5-7-9-24/h5-18H,3-4,19H2,1-2H3. The Morgan fingerprint density at radius 3 is 2.11 bits per heavy atom. The maximum absolute atomic E-state index is 4.61. The van der Waals surface area contributed by atoms with Gasteiger partial charge in [0, 0.05) is 35.6 Å². The predicted octanol–water partition coefficient (Wildman–Crippen LogP) is 6.58. The van der Waals surface area contributed by atoms with Gasteiger partial charge in [-0.1, -0.05) is 42.5 Å². The number of hydrogen-bond donors (Lipinski definition) is 0. The summed E-state index contributed by atoms with van der Waals surface area (Å²) in [6.07, 6.45) is 1.93. The van der Waals surface area contributed by atoms with Gasteiger partial charge in [0.15, 0.2) is 0 Å². The first kappa shape index (κ1) is 19.2. The highest BCUT2D eigenvalue weighted by molar-refractivity contribution is 7.98. The Kier molecular flexibility index (Phi) is 7.11. The number of anilines is 1. The van der Waals surface area contributed by atoms with Gasteiger partial charge in [0.2, 0.25) is 0 Å². The smallest absolute Gasteiger partial charge is 0.0630 e. The Morgan fingerprint density at radius 1 is 0.815 bits per heavy atom. The van der Waals surface area contributed by atoms with Crippen LogP contribution < -0.4 is 4.90 Å². The molecule has 138 valence electrons. The first-order chi connectivity index (χ1) is 13.3. The van der Waals surface area contributed by atoms with Gasteiger partial charge in [-0.3, -0.25) is 4.99 Å². The molecule has 0 heterocycles. The molecule has 3 aromatic rings. The molecule has 0 aliphatic carbocycles. The molecule has 0 bridgehead atoms. The third kappa shape index (κ3) is 5.73. The highest BCUT2D eigenvalue weighted by atomic mass is 32.2. The zero-order valence-corrected chi connectivity index (χ0v) is 16.8. The van der Waals surface area contributed by atoms with Crippen LogP contribution in [0.2, 0.25) is 0 Å². The van der Waals surface area contributed by atoms with E-state index in [-0.39, 0.29) is 0 Å². The van der Waals surface area contributed by atoms with E-state index in [1.807, 2.05) is 24.0 Å². The van der Waals surface area contributed by atoms with Crippen LogP contribution in [0.1, 0.15) is 25.0 Å². The molecule has 0 atom stereocenters. The SMILES string of the molecule is CCN(CC)c1ccc(C=Nc2ccc(CSc3ccccc3)cc2)cc1. The second-order valence-corrected chi connectivity index (χ2v) is 7.34. The van der Waals surface area contributed by atoms with E-state index in [9.17, 15) is 0 Å². The minimum absolute atomic E-state index is 0.973. The molecular weight excluding hydrogens is 348 g/mol. The number of rotatable bonds is 8. The molecule has 0 N–H and O–H groups in total. The van der Waals surface area contributed by atoms with Crippen LogP contribution in [0.3, 0.4) is 0 Å². The summed E-state index contributed by atoms with van der Waals surface area (Å²) in [5, 5.41) is 0. The Morgan fingerprint density at radius 2 is 1.48 bits per heavy atom. The Balaban J connectivity index is 1.57. The minimum Gasteiger partial charge on any atom is -0.372 e. The van der Waals surface area contributed by atoms with Gasteiger partial charge in [-0.15, -0.1) is 11.8 Å². The molecule has 0 saturated carbocycles. The number of thioether (sulfide) groups is 1. The Hall–Kier alpha value is -2.52. The van der Waals surface area contributed by atoms with Crippen LogP contribution in [-0.2, 0) is 5.75 Å². The first-order valence-corrected chi connectivity index (χ1v) is 10.4. The molecule has 3 aromatic carbocycles. The zero-order chi connectivity index (χ0) is 18.9. The topological polar surface area (TPSA) is 15.6 Å². The van der Waals surface area contributed by atoms with Gasteiger partial charge in [0.05, 0.1) is 5.69 Å². The number of hydrogen-bond acceptors (Lipinski definition) is 3. The lowest BCUT2D eigenvalue weighted by molar-refractivity contribution is 0.866. The summed E-state index contributed by atoms with van der Waals surface area (Å²) >= 11 is 1.85. The fourth-order valence-corrected chi connectivity index (χ4v) is 3.75. The maximum Gasteiger partial charge on any atom is 0.0630 e. The normalized spacial score (nSPS) is 11.0. The molecule has 0 spiro atoms. The fraction of sp³-hybridized carbons (Fsp3) is 0.208. The fourth-order valence-electron chi connectivity index (χ4n) is 2.87. The molecular formula is C24H26N2S. The van der Waals surface area contributed by atoms with Crippen molar-refractivity contribution in [3.8, 4) is 0 Å². The van der Waals surface area contributed by atoms with Crippen LogP contribution in [0, 0.1) is 0 Å². The summed E-state index contributed by atoms with van der Waals surface area (Å²) in [4.78, 5) is 8.24. The summed E-state index contributed by atoms with van der Waals surface area (Å²) in [6.45, 7) is 6.42. The van der Waals surface area contributed by atoms with Crippen molar-refractivity contribution in [2.75, 3.05) is 18.0 Å². The number of benzene rings is 3. The van der Waals surface area contributed by atoms with Crippen LogP contribution >= 0.6 is 11.8 Å². The second kappa shape index (κ2) is 9.98. The third-order valence-electron chi connectivity index (χ3n) is 4.47. The van der Waals surface area contributed by atoms with E-state index in [1.165, 1.54) is 16.1 Å². The van der Waals surface area contributed by atoms with Crippen molar-refractivity contribution in [1.82, 2.24) is 0 Å². The van der Waals surface area contributed by atoms with Crippen molar-refractivity contribution in [3.63, 3.8) is 0 Å². The van der Waals surface area contributed by atoms with Crippen molar-refractivity contribution in [2.24, 2.45) is 4.99 Å². The van der Waals surface area contributed by atoms with Crippen LogP contribution in [0.25, 0.3) is 0 Å². The van der Waals surface area contributed by atoms with Crippen LogP contribution in [0.5, 0.6) is 0 Å². The van der Waals surface area contributed by atoms with Crippen molar-refractivity contribution in [3.05, 3.63) is 90.0 Å². The second-order valence-electron chi connectivity index (χ2n) is 6.29. The number of nitrogens with zero attached hydrogens (tertiary/aromatic N) is 2. The predicted molar refractivity (Wildman–Crippen MR) is 120 cm³/mol. The molecule has 2 nitrogen and oxygen atoms in total. The van der Waals surface area contributed by atoms with Crippen LogP contribution in [-0.4, -0.2) is 19.3 Å². The molecule has 3 rings (SSSR count). The molecule has 0 unspecified atom stereocenters. The van der Waals surface area contributed by atoms with E-state index in [1.54, 1.807) is 0 Å². The summed E-state index contributed by atoms with van der Waals surface area (Å²) < 4.78 is 0. The summed E-state index contributed by atoms with van der Waals surface area (Å²) in [5.41, 5.74) is 4.68. The summed E-state index contributed by atoms with van der Waals surface area (Å²) in [7, 11) is 0. The average molecular weight is 375 g/mol. The van der Waals surface area contributed by atoms with Gasteiger partial charge in [0.25, 0.3) is 0 Å². The molecule has 0 aromatic heterocycles. The molecule has 0 aliphatic rings. The van der Waals surface area contributed by atoms with E-state index < -0.39 is 0 Å². The molecule has 0 amide bonds. The van der Waals surface area contributed by atoms with Gasteiger partial charge in [-0.05, 0) is 61.4 Å². The quantitative estimate of drug-likeness (QED) is 0.327. The lowest BCUT2D eigenvalue weighted by atomic mass is 10.2. The van der Waals surface area contributed by atoms with Gasteiger partial charge in [-0.25, -0.2) is 0 Å². The lowest BCUT2D eigenvalue weighted by Gasteiger charge is -2.20. The highest BCUT2D eigenvalue weighted by Gasteiger charge is 2.00. The van der Waals surface area contributed by atoms with E-state index in [4.69, 9.17) is 0 Å². The van der Waals surface area contributed by atoms with E-state index >= 15 is 0 Å². The number of aliphatic imine (C=N–C) groups is 1. The Labute approximate surface area is 167 Å². The summed E-state index contributed by atoms with van der Waals surface area (Å²) in [5.74, 6) is 0.973. The summed E-state index contributed by atoms with van der Waals surface area (Å²) in [6, 6.07) is 27.6. The van der Waals surface area contributed by atoms with Crippen molar-refractivity contribution in [1.29, 1.82) is 0 Å². The van der Waals surface area contributed by atoms with Gasteiger partial charge in [0.1, 0.15) is 0 Å². The monoisotopic (exact) mass is 374 g/mol. The third-order valence-corrected chi connectivity index (χ3v) is 5.55. The van der Waals surface area contributed by atoms with E-state index in [0.717, 1.165) is 30.1 Å². The van der Waals surface area contributed by atoms with Gasteiger partial charge >= 0.3 is 0 Å². The maximum atomic E-state index is 4.61. The molecule has 0 radical (unpaired) electrons. The molecule has 0 fully saturated rings.